The van der Waals surface area contributed by atoms with E-state index in [4.69, 9.17) is 27.9 Å². The van der Waals surface area contributed by atoms with Gasteiger partial charge < -0.3 is 9.64 Å². The summed E-state index contributed by atoms with van der Waals surface area (Å²) in [5.74, 6) is 0.113. The van der Waals surface area contributed by atoms with E-state index in [9.17, 15) is 9.65 Å². The van der Waals surface area contributed by atoms with Crippen molar-refractivity contribution in [3.63, 3.8) is 0 Å². The standard InChI is InChI=1S/C25H21Cl2FN6O/c1-13(22-17(26)9-30-10-18(22)27)35-21-5-16-20(6-19(21)28)32-33-23(16)15-4-14(7-29)24(31-8-15)34-11-25(2,3)12-34/h4-6,8-10,13H,11-12H2,1-3H3,(H,32,33)/t13-/m1/s1. The van der Waals surface area contributed by atoms with E-state index in [1.165, 1.54) is 18.5 Å². The number of halogens is 3. The number of pyridine rings is 2. The predicted octanol–water partition coefficient (Wildman–Crippen LogP) is 6.32. The fraction of sp³-hybridized carbons (Fsp3) is 0.280. The molecule has 1 atom stereocenters. The number of H-pyrrole nitrogens is 1. The van der Waals surface area contributed by atoms with Gasteiger partial charge in [0, 0.05) is 54.3 Å². The van der Waals surface area contributed by atoms with Crippen LogP contribution in [0, 0.1) is 22.6 Å². The van der Waals surface area contributed by atoms with Gasteiger partial charge in [0.25, 0.3) is 0 Å². The van der Waals surface area contributed by atoms with E-state index in [1.54, 1.807) is 25.3 Å². The summed E-state index contributed by atoms with van der Waals surface area (Å²) in [5.41, 5.74) is 2.85. The Bertz CT molecular complexity index is 1470. The van der Waals surface area contributed by atoms with Crippen LogP contribution in [0.3, 0.4) is 0 Å². The zero-order valence-corrected chi connectivity index (χ0v) is 20.7. The normalized spacial score (nSPS) is 15.5. The smallest absolute Gasteiger partial charge is 0.167 e. The van der Waals surface area contributed by atoms with Gasteiger partial charge in [0.05, 0.1) is 21.1 Å². The SMILES string of the molecule is C[C@@H](Oc1cc2c(-c3cnc(N4CC(C)(C)C4)c(C#N)c3)n[nH]c2cc1F)c1c(Cl)cncc1Cl. The molecule has 5 rings (SSSR count). The van der Waals surface area contributed by atoms with Crippen LogP contribution in [0.15, 0.2) is 36.8 Å². The monoisotopic (exact) mass is 510 g/mol. The number of benzene rings is 1. The number of aromatic nitrogens is 4. The summed E-state index contributed by atoms with van der Waals surface area (Å²) < 4.78 is 20.8. The molecule has 1 saturated heterocycles. The minimum Gasteiger partial charge on any atom is -0.483 e. The molecule has 0 bridgehead atoms. The summed E-state index contributed by atoms with van der Waals surface area (Å²) >= 11 is 12.5. The highest BCUT2D eigenvalue weighted by Crippen LogP contribution is 2.38. The molecule has 0 spiro atoms. The highest BCUT2D eigenvalue weighted by Gasteiger charge is 2.36. The maximum Gasteiger partial charge on any atom is 0.167 e. The van der Waals surface area contributed by atoms with E-state index < -0.39 is 11.9 Å². The zero-order valence-electron chi connectivity index (χ0n) is 19.2. The Kier molecular flexibility index (Phi) is 5.78. The molecule has 7 nitrogen and oxygen atoms in total. The first-order valence-electron chi connectivity index (χ1n) is 11.0. The maximum atomic E-state index is 14.9. The lowest BCUT2D eigenvalue weighted by molar-refractivity contribution is 0.217. The summed E-state index contributed by atoms with van der Waals surface area (Å²) in [6, 6.07) is 6.89. The second-order valence-electron chi connectivity index (χ2n) is 9.40. The lowest BCUT2D eigenvalue weighted by Crippen LogP contribution is -2.53. The Morgan fingerprint density at radius 1 is 1.17 bits per heavy atom. The lowest BCUT2D eigenvalue weighted by atomic mass is 9.84. The van der Waals surface area contributed by atoms with Gasteiger partial charge in [-0.15, -0.1) is 0 Å². The van der Waals surface area contributed by atoms with Crippen LogP contribution in [0.5, 0.6) is 5.75 Å². The number of anilines is 1. The number of hydrogen-bond acceptors (Lipinski definition) is 6. The average Bonchev–Trinajstić information content (AvgIpc) is 3.19. The van der Waals surface area contributed by atoms with Gasteiger partial charge in [0.2, 0.25) is 0 Å². The number of fused-ring (bicyclic) bond motifs is 1. The summed E-state index contributed by atoms with van der Waals surface area (Å²) in [7, 11) is 0. The third-order valence-corrected chi connectivity index (χ3v) is 6.62. The van der Waals surface area contributed by atoms with Crippen molar-refractivity contribution >= 4 is 39.9 Å². The minimum absolute atomic E-state index is 0.0180. The molecule has 1 aliphatic rings. The molecule has 178 valence electrons. The van der Waals surface area contributed by atoms with Gasteiger partial charge in [-0.2, -0.15) is 10.4 Å². The van der Waals surface area contributed by atoms with Gasteiger partial charge in [-0.1, -0.05) is 37.0 Å². The molecule has 35 heavy (non-hydrogen) atoms. The van der Waals surface area contributed by atoms with Crippen molar-refractivity contribution in [1.29, 1.82) is 5.26 Å². The number of nitriles is 1. The average molecular weight is 511 g/mol. The first kappa shape index (κ1) is 23.3. The minimum atomic E-state index is -0.632. The molecule has 1 aromatic carbocycles. The van der Waals surface area contributed by atoms with Crippen LogP contribution < -0.4 is 9.64 Å². The first-order valence-corrected chi connectivity index (χ1v) is 11.7. The van der Waals surface area contributed by atoms with Crippen molar-refractivity contribution in [2.75, 3.05) is 18.0 Å². The highest BCUT2D eigenvalue weighted by molar-refractivity contribution is 6.35. The quantitative estimate of drug-likeness (QED) is 0.337. The largest absolute Gasteiger partial charge is 0.483 e. The van der Waals surface area contributed by atoms with E-state index in [2.05, 4.69) is 45.0 Å². The van der Waals surface area contributed by atoms with Crippen molar-refractivity contribution in [3.8, 4) is 23.1 Å². The van der Waals surface area contributed by atoms with Crippen LogP contribution in [0.2, 0.25) is 10.0 Å². The Morgan fingerprint density at radius 2 is 1.89 bits per heavy atom. The van der Waals surface area contributed by atoms with E-state index >= 15 is 0 Å². The van der Waals surface area contributed by atoms with Gasteiger partial charge in [-0.25, -0.2) is 9.37 Å². The molecule has 0 aliphatic carbocycles. The first-order chi connectivity index (χ1) is 16.7. The van der Waals surface area contributed by atoms with Gasteiger partial charge in [-0.3, -0.25) is 10.1 Å². The van der Waals surface area contributed by atoms with Crippen LogP contribution in [0.1, 0.15) is 38.0 Å². The summed E-state index contributed by atoms with van der Waals surface area (Å²) in [4.78, 5) is 10.6. The molecule has 1 fully saturated rings. The molecule has 0 saturated carbocycles. The van der Waals surface area contributed by atoms with Gasteiger partial charge in [0.15, 0.2) is 11.6 Å². The summed E-state index contributed by atoms with van der Waals surface area (Å²) in [6.07, 6.45) is 3.97. The van der Waals surface area contributed by atoms with E-state index in [-0.39, 0.29) is 11.2 Å². The van der Waals surface area contributed by atoms with Gasteiger partial charge in [0.1, 0.15) is 23.7 Å². The summed E-state index contributed by atoms with van der Waals surface area (Å²) in [6.45, 7) is 7.75. The number of hydrogen-bond donors (Lipinski definition) is 1. The van der Waals surface area contributed by atoms with E-state index in [0.717, 1.165) is 13.1 Å². The van der Waals surface area contributed by atoms with Crippen molar-refractivity contribution < 1.29 is 9.13 Å². The molecule has 1 aliphatic heterocycles. The van der Waals surface area contributed by atoms with Crippen LogP contribution in [-0.2, 0) is 0 Å². The Labute approximate surface area is 211 Å². The molecule has 4 heterocycles. The van der Waals surface area contributed by atoms with Crippen molar-refractivity contribution in [2.45, 2.75) is 26.9 Å². The molecule has 0 radical (unpaired) electrons. The third kappa shape index (κ3) is 4.26. The fourth-order valence-corrected chi connectivity index (χ4v) is 5.12. The fourth-order valence-electron chi connectivity index (χ4n) is 4.45. The number of nitrogens with one attached hydrogen (secondary N) is 1. The van der Waals surface area contributed by atoms with Crippen molar-refractivity contribution in [1.82, 2.24) is 20.2 Å². The van der Waals surface area contributed by atoms with Gasteiger partial charge >= 0.3 is 0 Å². The third-order valence-electron chi connectivity index (χ3n) is 6.01. The molecule has 1 N–H and O–H groups in total. The number of rotatable bonds is 5. The molecule has 10 heteroatoms. The predicted molar refractivity (Wildman–Crippen MR) is 133 cm³/mol. The Morgan fingerprint density at radius 3 is 2.54 bits per heavy atom. The lowest BCUT2D eigenvalue weighted by Gasteiger charge is -2.46. The second kappa shape index (κ2) is 8.67. The molecule has 0 unspecified atom stereocenters. The zero-order chi connectivity index (χ0) is 24.9. The van der Waals surface area contributed by atoms with Crippen LogP contribution in [0.25, 0.3) is 22.2 Å². The maximum absolute atomic E-state index is 14.9. The topological polar surface area (TPSA) is 90.7 Å². The van der Waals surface area contributed by atoms with Crippen LogP contribution >= 0.6 is 23.2 Å². The number of nitrogens with zero attached hydrogens (tertiary/aromatic N) is 5. The molecule has 0 amide bonds. The summed E-state index contributed by atoms with van der Waals surface area (Å²) in [5, 5.41) is 18.2. The van der Waals surface area contributed by atoms with Crippen molar-refractivity contribution in [2.24, 2.45) is 5.41 Å². The van der Waals surface area contributed by atoms with E-state index in [1.807, 2.05) is 0 Å². The number of aromatic amines is 1. The van der Waals surface area contributed by atoms with Crippen molar-refractivity contribution in [3.05, 3.63) is 63.8 Å². The number of ether oxygens (including phenoxy) is 1. The molecule has 4 aromatic rings. The van der Waals surface area contributed by atoms with E-state index in [0.29, 0.717) is 49.2 Å². The molecular weight excluding hydrogens is 490 g/mol. The Hall–Kier alpha value is -3.41. The molecule has 3 aromatic heterocycles. The molecular formula is C25H21Cl2FN6O. The Balaban J connectivity index is 1.50. The van der Waals surface area contributed by atoms with Gasteiger partial charge in [-0.05, 0) is 24.5 Å². The van der Waals surface area contributed by atoms with Crippen LogP contribution in [-0.4, -0.2) is 33.3 Å². The highest BCUT2D eigenvalue weighted by atomic mass is 35.5. The second-order valence-corrected chi connectivity index (χ2v) is 10.2. The van der Waals surface area contributed by atoms with Crippen LogP contribution in [0.4, 0.5) is 10.2 Å².